The van der Waals surface area contributed by atoms with Gasteiger partial charge in [0.15, 0.2) is 0 Å². The highest BCUT2D eigenvalue weighted by atomic mass is 35.5. The van der Waals surface area contributed by atoms with Crippen molar-refractivity contribution in [2.24, 2.45) is 4.99 Å². The Hall–Kier alpha value is -1.85. The number of aliphatic imine (C=N–C) groups is 1. The summed E-state index contributed by atoms with van der Waals surface area (Å²) in [6, 6.07) is 13.5. The predicted octanol–water partition coefficient (Wildman–Crippen LogP) is 2.71. The first kappa shape index (κ1) is 12.2. The van der Waals surface area contributed by atoms with E-state index in [9.17, 15) is 8.42 Å². The number of hydrogen-bond donors (Lipinski definition) is 1. The summed E-state index contributed by atoms with van der Waals surface area (Å²) in [4.78, 5) is 4.50. The van der Waals surface area contributed by atoms with Gasteiger partial charge in [-0.15, -0.1) is 0 Å². The molecule has 1 heterocycles. The highest BCUT2D eigenvalue weighted by Gasteiger charge is 2.25. The largest absolute Gasteiger partial charge is 0.265 e. The first-order valence-electron chi connectivity index (χ1n) is 5.53. The molecule has 6 heteroatoms. The zero-order valence-electron chi connectivity index (χ0n) is 9.67. The Kier molecular flexibility index (Phi) is 2.80. The van der Waals surface area contributed by atoms with Gasteiger partial charge in [-0.1, -0.05) is 35.9 Å². The molecule has 0 amide bonds. The third-order valence-electron chi connectivity index (χ3n) is 2.72. The van der Waals surface area contributed by atoms with E-state index in [-0.39, 0.29) is 10.7 Å². The van der Waals surface area contributed by atoms with Crippen molar-refractivity contribution < 1.29 is 8.42 Å². The molecule has 0 fully saturated rings. The second-order valence-electron chi connectivity index (χ2n) is 4.04. The Balaban J connectivity index is 2.19. The van der Waals surface area contributed by atoms with Crippen LogP contribution in [-0.4, -0.2) is 14.3 Å². The second kappa shape index (κ2) is 4.36. The number of nitrogens with one attached hydrogen (secondary N) is 1. The first-order chi connectivity index (χ1) is 9.06. The second-order valence-corrected chi connectivity index (χ2v) is 6.13. The van der Waals surface area contributed by atoms with E-state index in [1.165, 1.54) is 6.07 Å². The summed E-state index contributed by atoms with van der Waals surface area (Å²) in [7, 11) is -3.58. The average Bonchev–Trinajstić information content (AvgIpc) is 2.38. The molecule has 3 rings (SSSR count). The lowest BCUT2D eigenvalue weighted by Crippen LogP contribution is -2.33. The fraction of sp³-hybridized carbons (Fsp3) is 0. The maximum atomic E-state index is 12.1. The van der Waals surface area contributed by atoms with Gasteiger partial charge in [0.1, 0.15) is 10.7 Å². The summed E-state index contributed by atoms with van der Waals surface area (Å²) < 4.78 is 26.7. The zero-order chi connectivity index (χ0) is 13.5. The molecule has 96 valence electrons. The fourth-order valence-electron chi connectivity index (χ4n) is 1.86. The highest BCUT2D eigenvalue weighted by Crippen LogP contribution is 2.28. The number of hydrogen-bond acceptors (Lipinski definition) is 3. The van der Waals surface area contributed by atoms with Gasteiger partial charge in [0, 0.05) is 10.6 Å². The van der Waals surface area contributed by atoms with Crippen molar-refractivity contribution in [1.29, 1.82) is 0 Å². The molecule has 1 aliphatic rings. The van der Waals surface area contributed by atoms with E-state index >= 15 is 0 Å². The first-order valence-corrected chi connectivity index (χ1v) is 7.39. The minimum Gasteiger partial charge on any atom is -0.263 e. The van der Waals surface area contributed by atoms with Gasteiger partial charge >= 0.3 is 0 Å². The quantitative estimate of drug-likeness (QED) is 0.878. The molecular weight excluding hydrogens is 284 g/mol. The molecule has 0 atom stereocenters. The van der Waals surface area contributed by atoms with Crippen LogP contribution in [-0.2, 0) is 10.0 Å². The van der Waals surface area contributed by atoms with Crippen molar-refractivity contribution in [2.45, 2.75) is 4.90 Å². The molecule has 1 aliphatic heterocycles. The molecule has 0 radical (unpaired) electrons. The maximum Gasteiger partial charge on any atom is 0.265 e. The van der Waals surface area contributed by atoms with Gasteiger partial charge in [0.25, 0.3) is 10.0 Å². The van der Waals surface area contributed by atoms with E-state index in [4.69, 9.17) is 11.6 Å². The van der Waals surface area contributed by atoms with Gasteiger partial charge in [-0.2, -0.15) is 0 Å². The van der Waals surface area contributed by atoms with Gasteiger partial charge in [-0.3, -0.25) is 4.72 Å². The van der Waals surface area contributed by atoms with Gasteiger partial charge in [0.2, 0.25) is 0 Å². The SMILES string of the molecule is O=S1(=O)NC(c2cccc(Cl)c2)=Nc2ccccc21. The van der Waals surface area contributed by atoms with Crippen molar-refractivity contribution in [3.8, 4) is 0 Å². The Morgan fingerprint density at radius 3 is 2.63 bits per heavy atom. The molecule has 0 aliphatic carbocycles. The smallest absolute Gasteiger partial charge is 0.263 e. The maximum absolute atomic E-state index is 12.1. The summed E-state index contributed by atoms with van der Waals surface area (Å²) in [5.74, 6) is 0.279. The minimum absolute atomic E-state index is 0.181. The van der Waals surface area contributed by atoms with Crippen LogP contribution < -0.4 is 4.72 Å². The number of amidine groups is 1. The van der Waals surface area contributed by atoms with Gasteiger partial charge < -0.3 is 0 Å². The lowest BCUT2D eigenvalue weighted by molar-refractivity contribution is 0.592. The number of benzene rings is 2. The highest BCUT2D eigenvalue weighted by molar-refractivity contribution is 7.90. The molecule has 19 heavy (non-hydrogen) atoms. The van der Waals surface area contributed by atoms with Crippen molar-refractivity contribution >= 4 is 33.1 Å². The third-order valence-corrected chi connectivity index (χ3v) is 4.34. The van der Waals surface area contributed by atoms with E-state index in [1.54, 1.807) is 42.5 Å². The molecule has 0 saturated heterocycles. The van der Waals surface area contributed by atoms with Crippen LogP contribution in [0.15, 0.2) is 58.4 Å². The van der Waals surface area contributed by atoms with Crippen LogP contribution in [0.4, 0.5) is 5.69 Å². The van der Waals surface area contributed by atoms with E-state index in [1.807, 2.05) is 0 Å². The number of nitrogens with zero attached hydrogens (tertiary/aromatic N) is 1. The normalized spacial score (nSPS) is 16.2. The van der Waals surface area contributed by atoms with Crippen LogP contribution >= 0.6 is 11.6 Å². The molecule has 1 N–H and O–H groups in total. The number of rotatable bonds is 1. The van der Waals surface area contributed by atoms with Crippen molar-refractivity contribution in [2.75, 3.05) is 0 Å². The topological polar surface area (TPSA) is 58.5 Å². The fourth-order valence-corrected chi connectivity index (χ4v) is 3.23. The Bertz CT molecular complexity index is 785. The van der Waals surface area contributed by atoms with Gasteiger partial charge in [-0.25, -0.2) is 13.4 Å². The lowest BCUT2D eigenvalue weighted by Gasteiger charge is -2.17. The average molecular weight is 293 g/mol. The molecule has 2 aromatic carbocycles. The number of para-hydroxylation sites is 1. The predicted molar refractivity (Wildman–Crippen MR) is 74.4 cm³/mol. The Morgan fingerprint density at radius 2 is 1.84 bits per heavy atom. The van der Waals surface area contributed by atoms with E-state index in [0.29, 0.717) is 16.3 Å². The molecule has 0 spiro atoms. The number of halogens is 1. The molecule has 0 unspecified atom stereocenters. The van der Waals surface area contributed by atoms with Crippen LogP contribution in [0.1, 0.15) is 5.56 Å². The van der Waals surface area contributed by atoms with Crippen molar-refractivity contribution in [3.63, 3.8) is 0 Å². The summed E-state index contributed by atoms with van der Waals surface area (Å²) in [5.41, 5.74) is 1.06. The molecule has 0 saturated carbocycles. The summed E-state index contributed by atoms with van der Waals surface area (Å²) >= 11 is 5.90. The molecule has 2 aromatic rings. The van der Waals surface area contributed by atoms with E-state index in [0.717, 1.165) is 0 Å². The van der Waals surface area contributed by atoms with Crippen molar-refractivity contribution in [3.05, 3.63) is 59.1 Å². The van der Waals surface area contributed by atoms with Crippen LogP contribution in [0.5, 0.6) is 0 Å². The van der Waals surface area contributed by atoms with Crippen LogP contribution in [0.2, 0.25) is 5.02 Å². The van der Waals surface area contributed by atoms with Crippen molar-refractivity contribution in [1.82, 2.24) is 4.72 Å². The standard InChI is InChI=1S/C13H9ClN2O2S/c14-10-5-3-4-9(8-10)13-15-11-6-1-2-7-12(11)19(17,18)16-13/h1-8H,(H,15,16). The lowest BCUT2D eigenvalue weighted by atomic mass is 10.2. The minimum atomic E-state index is -3.58. The summed E-state index contributed by atoms with van der Waals surface area (Å²) in [6.07, 6.45) is 0. The van der Waals surface area contributed by atoms with Crippen LogP contribution in [0.25, 0.3) is 0 Å². The number of sulfonamides is 1. The van der Waals surface area contributed by atoms with Crippen LogP contribution in [0, 0.1) is 0 Å². The van der Waals surface area contributed by atoms with Gasteiger partial charge in [0.05, 0.1) is 5.69 Å². The Labute approximate surface area is 115 Å². The zero-order valence-corrected chi connectivity index (χ0v) is 11.2. The van der Waals surface area contributed by atoms with E-state index < -0.39 is 10.0 Å². The summed E-state index contributed by atoms with van der Waals surface area (Å²) in [6.45, 7) is 0. The molecule has 0 bridgehead atoms. The van der Waals surface area contributed by atoms with Gasteiger partial charge in [-0.05, 0) is 24.3 Å². The summed E-state index contributed by atoms with van der Waals surface area (Å²) in [5, 5.41) is 0.526. The Morgan fingerprint density at radius 1 is 1.05 bits per heavy atom. The molecule has 4 nitrogen and oxygen atoms in total. The molecular formula is C13H9ClN2O2S. The van der Waals surface area contributed by atoms with E-state index in [2.05, 4.69) is 9.71 Å². The van der Waals surface area contributed by atoms with Crippen LogP contribution in [0.3, 0.4) is 0 Å². The monoisotopic (exact) mass is 292 g/mol. The third kappa shape index (κ3) is 2.22. The molecule has 0 aromatic heterocycles. The number of fused-ring (bicyclic) bond motifs is 1.